The number of hydrogen-bond acceptors (Lipinski definition) is 9. The fraction of sp³-hybridized carbons (Fsp3) is 0.643. The van der Waals surface area contributed by atoms with Crippen LogP contribution in [0.15, 0.2) is 23.8 Å². The highest BCUT2D eigenvalue weighted by molar-refractivity contribution is 6.02. The molecule has 0 aliphatic heterocycles. The van der Waals surface area contributed by atoms with Crippen molar-refractivity contribution in [3.8, 4) is 0 Å². The quantitative estimate of drug-likeness (QED) is 0.445. The van der Waals surface area contributed by atoms with Crippen LogP contribution in [0.25, 0.3) is 0 Å². The average molecular weight is 531 g/mol. The molecule has 2 N–H and O–H groups in total. The standard InChI is InChI=1S/C28H34O10/c1-15(29)37-14-21(32)28(36)10-8-18-24-20(38-23(35)6-4-5-22(33)34)12-16-11-17(30)7-9-26(16,2)25(24)19(31)13-27(18,28)3/h7,9,11,18,20,24-25,36H,4-6,8,10,12-14H2,1-3H3,(H,33,34)/t18?,20-,24?,25?,26+,27+,28+/m1/s1. The minimum atomic E-state index is -1.90. The van der Waals surface area contributed by atoms with Gasteiger partial charge in [-0.1, -0.05) is 25.5 Å². The lowest BCUT2D eigenvalue weighted by molar-refractivity contribution is -0.185. The van der Waals surface area contributed by atoms with Crippen molar-refractivity contribution in [2.45, 2.75) is 77.4 Å². The van der Waals surface area contributed by atoms with E-state index in [4.69, 9.17) is 14.6 Å². The highest BCUT2D eigenvalue weighted by atomic mass is 16.5. The molecule has 0 bridgehead atoms. The Kier molecular flexibility index (Phi) is 7.24. The summed E-state index contributed by atoms with van der Waals surface area (Å²) in [5.74, 6) is -4.94. The number of carboxylic acids is 1. The van der Waals surface area contributed by atoms with Gasteiger partial charge in [0, 0.05) is 55.3 Å². The van der Waals surface area contributed by atoms with Crippen LogP contribution in [0.1, 0.15) is 65.7 Å². The number of carboxylic acid groups (broad SMARTS) is 1. The summed E-state index contributed by atoms with van der Waals surface area (Å²) in [5.41, 5.74) is -3.18. The van der Waals surface area contributed by atoms with Crippen LogP contribution in [0.3, 0.4) is 0 Å². The van der Waals surface area contributed by atoms with Gasteiger partial charge >= 0.3 is 17.9 Å². The van der Waals surface area contributed by atoms with Crippen molar-refractivity contribution in [3.63, 3.8) is 0 Å². The normalized spacial score (nSPS) is 37.4. The second-order valence-corrected chi connectivity index (χ2v) is 11.5. The van der Waals surface area contributed by atoms with Crippen LogP contribution in [0.5, 0.6) is 0 Å². The van der Waals surface area contributed by atoms with Crippen molar-refractivity contribution >= 4 is 35.3 Å². The molecule has 0 heterocycles. The van der Waals surface area contributed by atoms with Crippen LogP contribution < -0.4 is 0 Å². The molecule has 3 fully saturated rings. The number of aliphatic carboxylic acids is 1. The topological polar surface area (TPSA) is 161 Å². The first kappa shape index (κ1) is 27.9. The fourth-order valence-corrected chi connectivity index (χ4v) is 7.45. The Morgan fingerprint density at radius 2 is 1.84 bits per heavy atom. The first-order chi connectivity index (χ1) is 17.7. The highest BCUT2D eigenvalue weighted by Gasteiger charge is 2.70. The maximum Gasteiger partial charge on any atom is 0.306 e. The second kappa shape index (κ2) is 9.87. The summed E-state index contributed by atoms with van der Waals surface area (Å²) < 4.78 is 10.8. The number of rotatable bonds is 8. The summed E-state index contributed by atoms with van der Waals surface area (Å²) >= 11 is 0. The first-order valence-corrected chi connectivity index (χ1v) is 13.0. The van der Waals surface area contributed by atoms with E-state index in [0.29, 0.717) is 12.0 Å². The van der Waals surface area contributed by atoms with Crippen LogP contribution in [0.4, 0.5) is 0 Å². The van der Waals surface area contributed by atoms with E-state index in [1.165, 1.54) is 12.2 Å². The molecule has 3 unspecified atom stereocenters. The molecule has 38 heavy (non-hydrogen) atoms. The largest absolute Gasteiger partial charge is 0.481 e. The number of fused-ring (bicyclic) bond motifs is 5. The monoisotopic (exact) mass is 530 g/mol. The van der Waals surface area contributed by atoms with Crippen LogP contribution in [0, 0.1) is 28.6 Å². The number of allylic oxidation sites excluding steroid dienone is 3. The van der Waals surface area contributed by atoms with Gasteiger partial charge < -0.3 is 19.7 Å². The number of esters is 2. The van der Waals surface area contributed by atoms with Crippen molar-refractivity contribution in [2.24, 2.45) is 28.6 Å². The number of ether oxygens (including phenoxy) is 2. The molecule has 10 nitrogen and oxygen atoms in total. The van der Waals surface area contributed by atoms with E-state index in [2.05, 4.69) is 0 Å². The summed E-state index contributed by atoms with van der Waals surface area (Å²) in [6.07, 6.45) is 4.22. The third kappa shape index (κ3) is 4.52. The SMILES string of the molecule is CC(=O)OCC(=O)[C@@]1(O)CCC2C3C(C(=O)C[C@@]21C)[C@@]1(C)C=CC(=O)C=C1C[C@H]3OC(=O)CCCC(=O)O. The predicted octanol–water partition coefficient (Wildman–Crippen LogP) is 2.11. The molecule has 7 atom stereocenters. The molecule has 0 radical (unpaired) electrons. The van der Waals surface area contributed by atoms with Crippen molar-refractivity contribution in [3.05, 3.63) is 23.8 Å². The van der Waals surface area contributed by atoms with E-state index in [-0.39, 0.29) is 56.0 Å². The number of carbonyl (C=O) groups excluding carboxylic acids is 5. The molecular formula is C28H34O10. The third-order valence-electron chi connectivity index (χ3n) is 9.34. The predicted molar refractivity (Wildman–Crippen MR) is 130 cm³/mol. The molecule has 0 aromatic rings. The number of carbonyl (C=O) groups is 6. The molecule has 3 saturated carbocycles. The van der Waals surface area contributed by atoms with E-state index < -0.39 is 64.7 Å². The van der Waals surface area contributed by atoms with Gasteiger partial charge in [0.05, 0.1) is 0 Å². The molecule has 4 rings (SSSR count). The third-order valence-corrected chi connectivity index (χ3v) is 9.34. The van der Waals surface area contributed by atoms with Gasteiger partial charge in [-0.3, -0.25) is 28.8 Å². The summed E-state index contributed by atoms with van der Waals surface area (Å²) in [7, 11) is 0. The van der Waals surface area contributed by atoms with Gasteiger partial charge in [0.15, 0.2) is 12.4 Å². The van der Waals surface area contributed by atoms with E-state index in [0.717, 1.165) is 6.92 Å². The molecule has 10 heteroatoms. The second-order valence-electron chi connectivity index (χ2n) is 11.5. The van der Waals surface area contributed by atoms with Crippen molar-refractivity contribution in [1.29, 1.82) is 0 Å². The van der Waals surface area contributed by atoms with Gasteiger partial charge in [0.1, 0.15) is 17.5 Å². The Hall–Kier alpha value is -3.14. The van der Waals surface area contributed by atoms with Crippen molar-refractivity contribution in [1.82, 2.24) is 0 Å². The molecule has 0 spiro atoms. The van der Waals surface area contributed by atoms with E-state index in [1.54, 1.807) is 13.0 Å². The van der Waals surface area contributed by atoms with Gasteiger partial charge in [-0.05, 0) is 37.3 Å². The smallest absolute Gasteiger partial charge is 0.306 e. The molecule has 0 aromatic carbocycles. The van der Waals surface area contributed by atoms with Gasteiger partial charge in [-0.25, -0.2) is 0 Å². The maximum atomic E-state index is 13.9. The molecule has 4 aliphatic rings. The average Bonchev–Trinajstić information content (AvgIpc) is 3.09. The van der Waals surface area contributed by atoms with Crippen LogP contribution >= 0.6 is 0 Å². The summed E-state index contributed by atoms with van der Waals surface area (Å²) in [6, 6.07) is 0. The van der Waals surface area contributed by atoms with Gasteiger partial charge in [-0.2, -0.15) is 0 Å². The molecule has 0 amide bonds. The van der Waals surface area contributed by atoms with Crippen LogP contribution in [0.2, 0.25) is 0 Å². The van der Waals surface area contributed by atoms with Crippen molar-refractivity contribution < 1.29 is 48.5 Å². The lowest BCUT2D eigenvalue weighted by Crippen LogP contribution is -2.63. The lowest BCUT2D eigenvalue weighted by atomic mass is 9.46. The lowest BCUT2D eigenvalue weighted by Gasteiger charge is -2.58. The van der Waals surface area contributed by atoms with Gasteiger partial charge in [-0.15, -0.1) is 0 Å². The van der Waals surface area contributed by atoms with E-state index >= 15 is 0 Å². The molecular weight excluding hydrogens is 496 g/mol. The highest BCUT2D eigenvalue weighted by Crippen LogP contribution is 2.66. The minimum Gasteiger partial charge on any atom is -0.481 e. The zero-order valence-corrected chi connectivity index (χ0v) is 21.9. The maximum absolute atomic E-state index is 13.9. The zero-order valence-electron chi connectivity index (χ0n) is 21.9. The van der Waals surface area contributed by atoms with Crippen molar-refractivity contribution in [2.75, 3.05) is 6.61 Å². The summed E-state index contributed by atoms with van der Waals surface area (Å²) in [6.45, 7) is 4.15. The minimum absolute atomic E-state index is 0.0672. The van der Waals surface area contributed by atoms with E-state index in [9.17, 15) is 33.9 Å². The Labute approximate surface area is 220 Å². The number of aliphatic hydroxyl groups is 1. The Morgan fingerprint density at radius 3 is 2.50 bits per heavy atom. The fourth-order valence-electron chi connectivity index (χ4n) is 7.45. The number of ketones is 3. The van der Waals surface area contributed by atoms with Gasteiger partial charge in [0.25, 0.3) is 0 Å². The zero-order chi connectivity index (χ0) is 28.0. The molecule has 4 aliphatic carbocycles. The Balaban J connectivity index is 1.70. The summed E-state index contributed by atoms with van der Waals surface area (Å²) in [5, 5.41) is 20.6. The van der Waals surface area contributed by atoms with Crippen LogP contribution in [-0.4, -0.2) is 63.8 Å². The number of Topliss-reactive ketones (excluding diaryl/α,β-unsaturated/α-hetero) is 2. The molecule has 0 saturated heterocycles. The Morgan fingerprint density at radius 1 is 1.13 bits per heavy atom. The Bertz CT molecular complexity index is 1150. The van der Waals surface area contributed by atoms with E-state index in [1.807, 2.05) is 6.92 Å². The van der Waals surface area contributed by atoms with Gasteiger partial charge in [0.2, 0.25) is 5.78 Å². The first-order valence-electron chi connectivity index (χ1n) is 13.0. The molecule has 0 aromatic heterocycles. The molecule has 206 valence electrons. The summed E-state index contributed by atoms with van der Waals surface area (Å²) in [4.78, 5) is 74.2. The number of hydrogen-bond donors (Lipinski definition) is 2. The van der Waals surface area contributed by atoms with Crippen LogP contribution in [-0.2, 0) is 38.2 Å².